The summed E-state index contributed by atoms with van der Waals surface area (Å²) >= 11 is 0. The van der Waals surface area contributed by atoms with E-state index in [4.69, 9.17) is 4.74 Å². The number of aryl methyl sites for hydroxylation is 1. The second kappa shape index (κ2) is 4.92. The molecule has 0 bridgehead atoms. The fraction of sp³-hybridized carbons (Fsp3) is 0.385. The number of hydrogen-bond acceptors (Lipinski definition) is 3. The second-order valence-corrected chi connectivity index (χ2v) is 4.62. The summed E-state index contributed by atoms with van der Waals surface area (Å²) in [4.78, 5) is 15.5. The molecule has 0 amide bonds. The SMILES string of the molecule is Cc1ccnc(C=CC(=O)OC(C)(C)C)c1. The summed E-state index contributed by atoms with van der Waals surface area (Å²) in [6.07, 6.45) is 4.76. The lowest BCUT2D eigenvalue weighted by molar-refractivity contribution is -0.148. The molecule has 16 heavy (non-hydrogen) atoms. The van der Waals surface area contributed by atoms with E-state index in [-0.39, 0.29) is 5.97 Å². The molecule has 0 radical (unpaired) electrons. The van der Waals surface area contributed by atoms with Gasteiger partial charge in [-0.25, -0.2) is 4.79 Å². The van der Waals surface area contributed by atoms with Crippen molar-refractivity contribution >= 4 is 12.0 Å². The number of rotatable bonds is 2. The highest BCUT2D eigenvalue weighted by molar-refractivity contribution is 5.87. The van der Waals surface area contributed by atoms with Gasteiger partial charge in [-0.2, -0.15) is 0 Å². The van der Waals surface area contributed by atoms with Crippen molar-refractivity contribution < 1.29 is 9.53 Å². The van der Waals surface area contributed by atoms with Crippen LogP contribution in [0.4, 0.5) is 0 Å². The van der Waals surface area contributed by atoms with Crippen molar-refractivity contribution in [2.24, 2.45) is 0 Å². The zero-order valence-corrected chi connectivity index (χ0v) is 10.2. The van der Waals surface area contributed by atoms with E-state index in [1.165, 1.54) is 6.08 Å². The number of pyridine rings is 1. The van der Waals surface area contributed by atoms with Crippen LogP contribution in [-0.2, 0) is 9.53 Å². The van der Waals surface area contributed by atoms with Gasteiger partial charge in [-0.1, -0.05) is 0 Å². The highest BCUT2D eigenvalue weighted by Gasteiger charge is 2.13. The molecule has 0 fully saturated rings. The van der Waals surface area contributed by atoms with Gasteiger partial charge < -0.3 is 4.74 Å². The lowest BCUT2D eigenvalue weighted by atomic mass is 10.2. The van der Waals surface area contributed by atoms with Gasteiger partial charge in [-0.05, 0) is 51.5 Å². The zero-order valence-electron chi connectivity index (χ0n) is 10.2. The number of hydrogen-bond donors (Lipinski definition) is 0. The fourth-order valence-corrected chi connectivity index (χ4v) is 1.14. The van der Waals surface area contributed by atoms with Crippen LogP contribution < -0.4 is 0 Å². The highest BCUT2D eigenvalue weighted by atomic mass is 16.6. The second-order valence-electron chi connectivity index (χ2n) is 4.62. The van der Waals surface area contributed by atoms with Crippen molar-refractivity contribution in [3.05, 3.63) is 35.7 Å². The third-order valence-corrected chi connectivity index (χ3v) is 1.73. The molecule has 3 heteroatoms. The predicted octanol–water partition coefficient (Wildman–Crippen LogP) is 2.74. The lowest BCUT2D eigenvalue weighted by Crippen LogP contribution is -2.22. The molecule has 86 valence electrons. The molecular weight excluding hydrogens is 202 g/mol. The van der Waals surface area contributed by atoms with Crippen LogP contribution in [0.1, 0.15) is 32.0 Å². The molecule has 0 spiro atoms. The molecule has 0 N–H and O–H groups in total. The van der Waals surface area contributed by atoms with Crippen LogP contribution in [0.2, 0.25) is 0 Å². The monoisotopic (exact) mass is 219 g/mol. The molecule has 0 saturated heterocycles. The van der Waals surface area contributed by atoms with E-state index in [1.54, 1.807) is 12.3 Å². The van der Waals surface area contributed by atoms with E-state index in [0.29, 0.717) is 0 Å². The van der Waals surface area contributed by atoms with Gasteiger partial charge in [0.25, 0.3) is 0 Å². The fourth-order valence-electron chi connectivity index (χ4n) is 1.14. The quantitative estimate of drug-likeness (QED) is 0.567. The largest absolute Gasteiger partial charge is 0.457 e. The van der Waals surface area contributed by atoms with Gasteiger partial charge in [0.1, 0.15) is 5.60 Å². The Morgan fingerprint density at radius 2 is 2.12 bits per heavy atom. The Bertz CT molecular complexity index is 403. The van der Waals surface area contributed by atoms with Crippen LogP contribution in [0.25, 0.3) is 6.08 Å². The minimum Gasteiger partial charge on any atom is -0.457 e. The first-order valence-electron chi connectivity index (χ1n) is 5.20. The molecule has 1 aromatic rings. The lowest BCUT2D eigenvalue weighted by Gasteiger charge is -2.17. The van der Waals surface area contributed by atoms with Crippen molar-refractivity contribution in [1.29, 1.82) is 0 Å². The number of ether oxygens (including phenoxy) is 1. The minimum absolute atomic E-state index is 0.351. The summed E-state index contributed by atoms with van der Waals surface area (Å²) in [7, 11) is 0. The Hall–Kier alpha value is -1.64. The molecule has 0 aromatic carbocycles. The first-order valence-corrected chi connectivity index (χ1v) is 5.20. The average Bonchev–Trinajstić information content (AvgIpc) is 2.12. The van der Waals surface area contributed by atoms with Crippen molar-refractivity contribution in [3.63, 3.8) is 0 Å². The zero-order chi connectivity index (χ0) is 12.2. The van der Waals surface area contributed by atoms with Crippen LogP contribution in [0.3, 0.4) is 0 Å². The van der Waals surface area contributed by atoms with Gasteiger partial charge in [0.05, 0.1) is 5.69 Å². The summed E-state index contributed by atoms with van der Waals surface area (Å²) in [5.74, 6) is -0.351. The maximum atomic E-state index is 11.4. The first kappa shape index (κ1) is 12.4. The van der Waals surface area contributed by atoms with Crippen LogP contribution in [0.15, 0.2) is 24.4 Å². The molecular formula is C13H17NO2. The Labute approximate surface area is 96.2 Å². The van der Waals surface area contributed by atoms with Crippen molar-refractivity contribution in [3.8, 4) is 0 Å². The Balaban J connectivity index is 2.64. The summed E-state index contributed by atoms with van der Waals surface area (Å²) < 4.78 is 5.14. The standard InChI is InChI=1S/C13H17NO2/c1-10-7-8-14-11(9-10)5-6-12(15)16-13(2,3)4/h5-9H,1-4H3. The van der Waals surface area contributed by atoms with Crippen LogP contribution in [-0.4, -0.2) is 16.6 Å². The van der Waals surface area contributed by atoms with E-state index in [2.05, 4.69) is 4.98 Å². The van der Waals surface area contributed by atoms with E-state index in [1.807, 2.05) is 39.8 Å². The normalized spacial score (nSPS) is 11.8. The molecule has 1 rings (SSSR count). The van der Waals surface area contributed by atoms with Crippen molar-refractivity contribution in [2.75, 3.05) is 0 Å². The molecule has 1 aromatic heterocycles. The van der Waals surface area contributed by atoms with Gasteiger partial charge in [0.15, 0.2) is 0 Å². The maximum absolute atomic E-state index is 11.4. The molecule has 1 heterocycles. The van der Waals surface area contributed by atoms with Gasteiger partial charge in [0.2, 0.25) is 0 Å². The smallest absolute Gasteiger partial charge is 0.331 e. The molecule has 0 aliphatic heterocycles. The van der Waals surface area contributed by atoms with Crippen molar-refractivity contribution in [2.45, 2.75) is 33.3 Å². The molecule has 0 aliphatic carbocycles. The van der Waals surface area contributed by atoms with Crippen LogP contribution in [0.5, 0.6) is 0 Å². The predicted molar refractivity (Wildman–Crippen MR) is 63.9 cm³/mol. The van der Waals surface area contributed by atoms with Crippen molar-refractivity contribution in [1.82, 2.24) is 4.98 Å². The number of nitrogens with zero attached hydrogens (tertiary/aromatic N) is 1. The Kier molecular flexibility index (Phi) is 3.82. The summed E-state index contributed by atoms with van der Waals surface area (Å²) in [6.45, 7) is 7.49. The van der Waals surface area contributed by atoms with Crippen LogP contribution in [0, 0.1) is 6.92 Å². The molecule has 0 atom stereocenters. The van der Waals surface area contributed by atoms with Gasteiger partial charge in [0, 0.05) is 12.3 Å². The van der Waals surface area contributed by atoms with E-state index in [0.717, 1.165) is 11.3 Å². The Morgan fingerprint density at radius 1 is 1.44 bits per heavy atom. The first-order chi connectivity index (χ1) is 7.37. The summed E-state index contributed by atoms with van der Waals surface area (Å²) in [5, 5.41) is 0. The number of aromatic nitrogens is 1. The topological polar surface area (TPSA) is 39.2 Å². The maximum Gasteiger partial charge on any atom is 0.331 e. The minimum atomic E-state index is -0.457. The molecule has 3 nitrogen and oxygen atoms in total. The Morgan fingerprint density at radius 3 is 2.69 bits per heavy atom. The van der Waals surface area contributed by atoms with Gasteiger partial charge >= 0.3 is 5.97 Å². The van der Waals surface area contributed by atoms with E-state index in [9.17, 15) is 4.79 Å². The average molecular weight is 219 g/mol. The van der Waals surface area contributed by atoms with Gasteiger partial charge in [-0.3, -0.25) is 4.98 Å². The third kappa shape index (κ3) is 4.73. The number of esters is 1. The number of carbonyl (C=O) groups is 1. The highest BCUT2D eigenvalue weighted by Crippen LogP contribution is 2.08. The summed E-state index contributed by atoms with van der Waals surface area (Å²) in [6, 6.07) is 3.81. The molecule has 0 unspecified atom stereocenters. The molecule has 0 aliphatic rings. The van der Waals surface area contributed by atoms with Crippen LogP contribution >= 0.6 is 0 Å². The van der Waals surface area contributed by atoms with Gasteiger partial charge in [-0.15, -0.1) is 0 Å². The summed E-state index contributed by atoms with van der Waals surface area (Å²) in [5.41, 5.74) is 1.41. The number of carbonyl (C=O) groups excluding carboxylic acids is 1. The molecule has 0 saturated carbocycles. The third-order valence-electron chi connectivity index (χ3n) is 1.73. The van der Waals surface area contributed by atoms with E-state index < -0.39 is 5.60 Å². The van der Waals surface area contributed by atoms with E-state index >= 15 is 0 Å².